The van der Waals surface area contributed by atoms with Gasteiger partial charge in [0.05, 0.1) is 6.04 Å². The minimum absolute atomic E-state index is 0.0571. The molecule has 1 aromatic carbocycles. The summed E-state index contributed by atoms with van der Waals surface area (Å²) in [6, 6.07) is 8.79. The molecule has 2 N–H and O–H groups in total. The Morgan fingerprint density at radius 2 is 2.11 bits per heavy atom. The molecule has 2 saturated heterocycles. The molecule has 0 saturated carbocycles. The zero-order chi connectivity index (χ0) is 13.2. The van der Waals surface area contributed by atoms with Gasteiger partial charge in [0.1, 0.15) is 0 Å². The minimum Gasteiger partial charge on any atom is -0.329 e. The van der Waals surface area contributed by atoms with E-state index in [4.69, 9.17) is 0 Å². The first-order valence-electron chi connectivity index (χ1n) is 6.76. The third kappa shape index (κ3) is 2.92. The van der Waals surface area contributed by atoms with Crippen LogP contribution in [0.4, 0.5) is 4.79 Å². The van der Waals surface area contributed by atoms with E-state index in [1.807, 2.05) is 17.0 Å². The maximum absolute atomic E-state index is 12.0. The summed E-state index contributed by atoms with van der Waals surface area (Å²) < 4.78 is 1.06. The Kier molecular flexibility index (Phi) is 3.75. The van der Waals surface area contributed by atoms with Crippen LogP contribution in [0.25, 0.3) is 0 Å². The molecule has 2 fully saturated rings. The van der Waals surface area contributed by atoms with E-state index in [1.54, 1.807) is 0 Å². The second-order valence-corrected chi connectivity index (χ2v) is 6.17. The molecular formula is C14H18BrN3O. The summed E-state index contributed by atoms with van der Waals surface area (Å²) >= 11 is 3.43. The van der Waals surface area contributed by atoms with Crippen molar-refractivity contribution >= 4 is 22.0 Å². The molecule has 2 heterocycles. The molecule has 2 aliphatic rings. The molecule has 0 bridgehead atoms. The molecule has 2 unspecified atom stereocenters. The van der Waals surface area contributed by atoms with Gasteiger partial charge in [0.2, 0.25) is 0 Å². The lowest BCUT2D eigenvalue weighted by Gasteiger charge is -2.19. The second kappa shape index (κ2) is 5.51. The molecule has 2 amide bonds. The number of benzene rings is 1. The predicted molar refractivity (Wildman–Crippen MR) is 78.0 cm³/mol. The minimum atomic E-state index is 0.0571. The Morgan fingerprint density at radius 3 is 2.79 bits per heavy atom. The number of hydrogen-bond donors (Lipinski definition) is 2. The van der Waals surface area contributed by atoms with Gasteiger partial charge in [0, 0.05) is 23.6 Å². The number of carbonyl (C=O) groups excluding carboxylic acids is 1. The Balaban J connectivity index is 1.63. The van der Waals surface area contributed by atoms with Crippen LogP contribution in [0, 0.1) is 0 Å². The first-order chi connectivity index (χ1) is 9.22. The van der Waals surface area contributed by atoms with Crippen LogP contribution in [0.1, 0.15) is 24.4 Å². The van der Waals surface area contributed by atoms with Gasteiger partial charge in [0.25, 0.3) is 0 Å². The van der Waals surface area contributed by atoms with Gasteiger partial charge in [-0.3, -0.25) is 0 Å². The van der Waals surface area contributed by atoms with Crippen LogP contribution in [0.5, 0.6) is 0 Å². The molecule has 0 aromatic heterocycles. The van der Waals surface area contributed by atoms with Gasteiger partial charge in [-0.05, 0) is 37.1 Å². The number of rotatable bonds is 3. The Morgan fingerprint density at radius 1 is 1.32 bits per heavy atom. The van der Waals surface area contributed by atoms with Gasteiger partial charge >= 0.3 is 6.03 Å². The number of urea groups is 1. The number of hydrogen-bond acceptors (Lipinski definition) is 2. The topological polar surface area (TPSA) is 44.4 Å². The molecule has 19 heavy (non-hydrogen) atoms. The summed E-state index contributed by atoms with van der Waals surface area (Å²) in [7, 11) is 0. The van der Waals surface area contributed by atoms with E-state index >= 15 is 0 Å². The predicted octanol–water partition coefficient (Wildman–Crippen LogP) is 2.27. The Bertz CT molecular complexity index is 456. The highest BCUT2D eigenvalue weighted by Gasteiger charge is 2.31. The summed E-state index contributed by atoms with van der Waals surface area (Å²) in [5, 5.41) is 6.50. The third-order valence-corrected chi connectivity index (χ3v) is 4.39. The molecular weight excluding hydrogens is 306 g/mol. The van der Waals surface area contributed by atoms with Gasteiger partial charge in [-0.2, -0.15) is 0 Å². The molecule has 2 aliphatic heterocycles. The monoisotopic (exact) mass is 323 g/mol. The van der Waals surface area contributed by atoms with Crippen LogP contribution < -0.4 is 10.6 Å². The van der Waals surface area contributed by atoms with Gasteiger partial charge in [-0.15, -0.1) is 0 Å². The summed E-state index contributed by atoms with van der Waals surface area (Å²) in [5.41, 5.74) is 1.17. The van der Waals surface area contributed by atoms with Crippen LogP contribution >= 0.6 is 15.9 Å². The maximum Gasteiger partial charge on any atom is 0.318 e. The molecule has 0 aliphatic carbocycles. The van der Waals surface area contributed by atoms with Crippen molar-refractivity contribution in [2.24, 2.45) is 0 Å². The lowest BCUT2D eigenvalue weighted by atomic mass is 10.1. The van der Waals surface area contributed by atoms with Crippen molar-refractivity contribution in [2.45, 2.75) is 24.9 Å². The first-order valence-corrected chi connectivity index (χ1v) is 7.56. The van der Waals surface area contributed by atoms with E-state index in [0.717, 1.165) is 24.1 Å². The summed E-state index contributed by atoms with van der Waals surface area (Å²) in [5.74, 6) is 0. The normalized spacial score (nSPS) is 26.8. The third-order valence-electron chi connectivity index (χ3n) is 3.86. The molecule has 102 valence electrons. The fourth-order valence-electron chi connectivity index (χ4n) is 2.81. The first kappa shape index (κ1) is 12.9. The SMILES string of the molecule is O=C1NC(c2ccc(Br)cc2)CN1CC1CCCN1. The van der Waals surface area contributed by atoms with Crippen molar-refractivity contribution in [3.63, 3.8) is 0 Å². The lowest BCUT2D eigenvalue weighted by molar-refractivity contribution is 0.213. The number of nitrogens with one attached hydrogen (secondary N) is 2. The smallest absolute Gasteiger partial charge is 0.318 e. The van der Waals surface area contributed by atoms with Gasteiger partial charge < -0.3 is 15.5 Å². The van der Waals surface area contributed by atoms with Gasteiger partial charge in [-0.1, -0.05) is 28.1 Å². The zero-order valence-electron chi connectivity index (χ0n) is 10.7. The van der Waals surface area contributed by atoms with E-state index in [9.17, 15) is 4.79 Å². The van der Waals surface area contributed by atoms with Gasteiger partial charge in [0.15, 0.2) is 0 Å². The molecule has 0 radical (unpaired) electrons. The largest absolute Gasteiger partial charge is 0.329 e. The van der Waals surface area contributed by atoms with Crippen molar-refractivity contribution in [3.8, 4) is 0 Å². The lowest BCUT2D eigenvalue weighted by Crippen LogP contribution is -2.39. The van der Waals surface area contributed by atoms with Crippen LogP contribution in [-0.2, 0) is 0 Å². The number of carbonyl (C=O) groups is 1. The quantitative estimate of drug-likeness (QED) is 0.896. The molecule has 2 atom stereocenters. The zero-order valence-corrected chi connectivity index (χ0v) is 12.3. The van der Waals surface area contributed by atoms with Crippen molar-refractivity contribution < 1.29 is 4.79 Å². The van der Waals surface area contributed by atoms with Crippen molar-refractivity contribution in [1.29, 1.82) is 0 Å². The summed E-state index contributed by atoms with van der Waals surface area (Å²) in [6.45, 7) is 2.66. The second-order valence-electron chi connectivity index (χ2n) is 5.25. The van der Waals surface area contributed by atoms with Crippen LogP contribution in [-0.4, -0.2) is 36.6 Å². The van der Waals surface area contributed by atoms with E-state index < -0.39 is 0 Å². The van der Waals surface area contributed by atoms with Crippen LogP contribution in [0.15, 0.2) is 28.7 Å². The average Bonchev–Trinajstić information content (AvgIpc) is 3.02. The molecule has 5 heteroatoms. The summed E-state index contributed by atoms with van der Waals surface area (Å²) in [4.78, 5) is 13.9. The Labute approximate surface area is 121 Å². The van der Waals surface area contributed by atoms with Gasteiger partial charge in [-0.25, -0.2) is 4.79 Å². The molecule has 1 aromatic rings. The molecule has 3 rings (SSSR count). The highest BCUT2D eigenvalue weighted by atomic mass is 79.9. The number of halogens is 1. The summed E-state index contributed by atoms with van der Waals surface area (Å²) in [6.07, 6.45) is 2.39. The Hall–Kier alpha value is -1.07. The molecule has 0 spiro atoms. The molecule has 4 nitrogen and oxygen atoms in total. The van der Waals surface area contributed by atoms with E-state index in [0.29, 0.717) is 6.04 Å². The highest BCUT2D eigenvalue weighted by molar-refractivity contribution is 9.10. The van der Waals surface area contributed by atoms with Crippen LogP contribution in [0.2, 0.25) is 0 Å². The van der Waals surface area contributed by atoms with E-state index in [2.05, 4.69) is 38.7 Å². The maximum atomic E-state index is 12.0. The fraction of sp³-hybridized carbons (Fsp3) is 0.500. The number of amides is 2. The average molecular weight is 324 g/mol. The number of nitrogens with zero attached hydrogens (tertiary/aromatic N) is 1. The van der Waals surface area contributed by atoms with E-state index in [-0.39, 0.29) is 12.1 Å². The highest BCUT2D eigenvalue weighted by Crippen LogP contribution is 2.22. The van der Waals surface area contributed by atoms with E-state index in [1.165, 1.54) is 18.4 Å². The van der Waals surface area contributed by atoms with Crippen molar-refractivity contribution in [2.75, 3.05) is 19.6 Å². The standard InChI is InChI=1S/C14H18BrN3O/c15-11-5-3-10(4-6-11)13-9-18(14(19)17-13)8-12-2-1-7-16-12/h3-6,12-13,16H,1-2,7-9H2,(H,17,19). The fourth-order valence-corrected chi connectivity index (χ4v) is 3.07. The van der Waals surface area contributed by atoms with Crippen molar-refractivity contribution in [1.82, 2.24) is 15.5 Å². The van der Waals surface area contributed by atoms with Crippen molar-refractivity contribution in [3.05, 3.63) is 34.3 Å². The van der Waals surface area contributed by atoms with Crippen LogP contribution in [0.3, 0.4) is 0 Å².